The number of hydrogen-bond donors (Lipinski definition) is 1. The second kappa shape index (κ2) is 7.13. The van der Waals surface area contributed by atoms with Crippen molar-refractivity contribution in [1.82, 2.24) is 4.90 Å². The van der Waals surface area contributed by atoms with Crippen LogP contribution in [0.5, 0.6) is 0 Å². The van der Waals surface area contributed by atoms with E-state index in [1.807, 2.05) is 25.9 Å². The van der Waals surface area contributed by atoms with Crippen molar-refractivity contribution in [3.63, 3.8) is 0 Å². The first-order valence-corrected chi connectivity index (χ1v) is 5.50. The molecule has 1 N–H and O–H groups in total. The predicted molar refractivity (Wildman–Crippen MR) is 75.5 cm³/mol. The third-order valence-corrected chi connectivity index (χ3v) is 2.64. The summed E-state index contributed by atoms with van der Waals surface area (Å²) in [6.45, 7) is 3.32. The largest absolute Gasteiger partial charge is 0.326 e. The number of nitrogens with zero attached hydrogens (tertiary/aromatic N) is 1. The van der Waals surface area contributed by atoms with Crippen LogP contribution in [0.15, 0.2) is 24.3 Å². The third kappa shape index (κ3) is 4.47. The number of hydrogen-bond acceptors (Lipinski definition) is 3. The average molecular weight is 271 g/mol. The molecule has 0 spiro atoms. The van der Waals surface area contributed by atoms with Gasteiger partial charge in [-0.05, 0) is 45.3 Å². The van der Waals surface area contributed by atoms with Gasteiger partial charge in [0.2, 0.25) is 5.91 Å². The monoisotopic (exact) mass is 270 g/mol. The highest BCUT2D eigenvalue weighted by atomic mass is 35.5. The molecule has 4 nitrogen and oxygen atoms in total. The van der Waals surface area contributed by atoms with E-state index in [1.165, 1.54) is 6.92 Å². The van der Waals surface area contributed by atoms with E-state index in [9.17, 15) is 9.59 Å². The molecule has 0 saturated carbocycles. The molecule has 1 aromatic carbocycles. The standard InChI is InChI=1S/C13H18N2O2.ClH/c1-9(15(3)4)13(17)11-5-7-12(8-6-11)14-10(2)16;/h5-9H,1-4H3,(H,14,16);1H. The summed E-state index contributed by atoms with van der Waals surface area (Å²) in [6, 6.07) is 6.77. The van der Waals surface area contributed by atoms with Crippen LogP contribution in [0.3, 0.4) is 0 Å². The SMILES string of the molecule is CC(=O)Nc1ccc(C(=O)C(C)N(C)C)cc1.Cl. The topological polar surface area (TPSA) is 49.4 Å². The summed E-state index contributed by atoms with van der Waals surface area (Å²) in [5.74, 6) is -0.0462. The molecule has 1 atom stereocenters. The van der Waals surface area contributed by atoms with E-state index in [1.54, 1.807) is 24.3 Å². The molecular weight excluding hydrogens is 252 g/mol. The summed E-state index contributed by atoms with van der Waals surface area (Å²) in [5.41, 5.74) is 1.35. The molecule has 1 unspecified atom stereocenters. The zero-order valence-corrected chi connectivity index (χ0v) is 11.9. The van der Waals surface area contributed by atoms with E-state index in [-0.39, 0.29) is 30.1 Å². The van der Waals surface area contributed by atoms with Crippen molar-refractivity contribution < 1.29 is 9.59 Å². The highest BCUT2D eigenvalue weighted by molar-refractivity contribution is 6.00. The number of anilines is 1. The number of rotatable bonds is 4. The van der Waals surface area contributed by atoms with Crippen LogP contribution in [-0.2, 0) is 4.79 Å². The van der Waals surface area contributed by atoms with Crippen LogP contribution in [0, 0.1) is 0 Å². The number of Topliss-reactive ketones (excluding diaryl/α,β-unsaturated/α-hetero) is 1. The van der Waals surface area contributed by atoms with Gasteiger partial charge in [0.05, 0.1) is 6.04 Å². The average Bonchev–Trinajstić information content (AvgIpc) is 2.27. The Morgan fingerprint density at radius 2 is 1.67 bits per heavy atom. The molecule has 0 saturated heterocycles. The van der Waals surface area contributed by atoms with Crippen molar-refractivity contribution in [2.24, 2.45) is 0 Å². The fraction of sp³-hybridized carbons (Fsp3) is 0.385. The minimum absolute atomic E-state index is 0. The predicted octanol–water partition coefficient (Wildman–Crippen LogP) is 2.20. The van der Waals surface area contributed by atoms with E-state index in [2.05, 4.69) is 5.32 Å². The van der Waals surface area contributed by atoms with Gasteiger partial charge in [0.25, 0.3) is 0 Å². The Balaban J connectivity index is 0.00000289. The summed E-state index contributed by atoms with van der Waals surface area (Å²) in [5, 5.41) is 2.66. The molecule has 5 heteroatoms. The normalized spacial score (nSPS) is 11.6. The van der Waals surface area contributed by atoms with Gasteiger partial charge in [0.15, 0.2) is 5.78 Å². The Morgan fingerprint density at radius 1 is 1.17 bits per heavy atom. The maximum Gasteiger partial charge on any atom is 0.221 e. The van der Waals surface area contributed by atoms with Gasteiger partial charge >= 0.3 is 0 Å². The van der Waals surface area contributed by atoms with Gasteiger partial charge in [0, 0.05) is 18.2 Å². The van der Waals surface area contributed by atoms with E-state index < -0.39 is 0 Å². The molecule has 0 aliphatic heterocycles. The summed E-state index contributed by atoms with van der Waals surface area (Å²) < 4.78 is 0. The van der Waals surface area contributed by atoms with Gasteiger partial charge in [-0.15, -0.1) is 12.4 Å². The van der Waals surface area contributed by atoms with Crippen molar-refractivity contribution in [3.05, 3.63) is 29.8 Å². The van der Waals surface area contributed by atoms with Crippen molar-refractivity contribution in [3.8, 4) is 0 Å². The zero-order valence-electron chi connectivity index (χ0n) is 11.1. The number of benzene rings is 1. The lowest BCUT2D eigenvalue weighted by atomic mass is 10.0. The second-order valence-corrected chi connectivity index (χ2v) is 4.26. The summed E-state index contributed by atoms with van der Waals surface area (Å²) in [7, 11) is 3.74. The van der Waals surface area contributed by atoms with E-state index in [4.69, 9.17) is 0 Å². The first kappa shape index (κ1) is 16.6. The first-order valence-electron chi connectivity index (χ1n) is 5.50. The van der Waals surface area contributed by atoms with Crippen LogP contribution in [-0.4, -0.2) is 36.7 Å². The number of carbonyl (C=O) groups is 2. The fourth-order valence-electron chi connectivity index (χ4n) is 1.40. The summed E-state index contributed by atoms with van der Waals surface area (Å²) in [4.78, 5) is 24.7. The van der Waals surface area contributed by atoms with Crippen LogP contribution >= 0.6 is 12.4 Å². The molecule has 1 rings (SSSR count). The quantitative estimate of drug-likeness (QED) is 0.854. The van der Waals surface area contributed by atoms with Crippen molar-refractivity contribution in [2.75, 3.05) is 19.4 Å². The molecule has 100 valence electrons. The van der Waals surface area contributed by atoms with Crippen LogP contribution in [0.4, 0.5) is 5.69 Å². The lowest BCUT2D eigenvalue weighted by Crippen LogP contribution is -2.32. The summed E-state index contributed by atoms with van der Waals surface area (Å²) in [6.07, 6.45) is 0. The number of amides is 1. The zero-order chi connectivity index (χ0) is 13.0. The second-order valence-electron chi connectivity index (χ2n) is 4.26. The lowest BCUT2D eigenvalue weighted by Gasteiger charge is -2.18. The maximum atomic E-state index is 12.0. The van der Waals surface area contributed by atoms with Crippen molar-refractivity contribution >= 4 is 29.8 Å². The maximum absolute atomic E-state index is 12.0. The number of likely N-dealkylation sites (N-methyl/N-ethyl adjacent to an activating group) is 1. The third-order valence-electron chi connectivity index (χ3n) is 2.64. The highest BCUT2D eigenvalue weighted by Crippen LogP contribution is 2.12. The molecule has 0 heterocycles. The van der Waals surface area contributed by atoms with Gasteiger partial charge in [-0.1, -0.05) is 0 Å². The lowest BCUT2D eigenvalue weighted by molar-refractivity contribution is -0.114. The molecule has 0 aliphatic rings. The first-order chi connectivity index (χ1) is 7.91. The smallest absolute Gasteiger partial charge is 0.221 e. The van der Waals surface area contributed by atoms with Crippen LogP contribution in [0.1, 0.15) is 24.2 Å². The van der Waals surface area contributed by atoms with Crippen molar-refractivity contribution in [1.29, 1.82) is 0 Å². The minimum Gasteiger partial charge on any atom is -0.326 e. The molecule has 0 bridgehead atoms. The Hall–Kier alpha value is -1.39. The van der Waals surface area contributed by atoms with Gasteiger partial charge in [-0.25, -0.2) is 0 Å². The Labute approximate surface area is 114 Å². The molecule has 1 amide bonds. The van der Waals surface area contributed by atoms with Crippen LogP contribution in [0.25, 0.3) is 0 Å². The number of nitrogens with one attached hydrogen (secondary N) is 1. The minimum atomic E-state index is -0.151. The molecular formula is C13H19ClN2O2. The van der Waals surface area contributed by atoms with Crippen LogP contribution < -0.4 is 5.32 Å². The number of carbonyl (C=O) groups excluding carboxylic acids is 2. The van der Waals surface area contributed by atoms with E-state index >= 15 is 0 Å². The van der Waals surface area contributed by atoms with Crippen LogP contribution in [0.2, 0.25) is 0 Å². The summed E-state index contributed by atoms with van der Waals surface area (Å²) >= 11 is 0. The van der Waals surface area contributed by atoms with Crippen molar-refractivity contribution in [2.45, 2.75) is 19.9 Å². The fourth-order valence-corrected chi connectivity index (χ4v) is 1.40. The Bertz CT molecular complexity index is 416. The van der Waals surface area contributed by atoms with Gasteiger partial charge < -0.3 is 5.32 Å². The van der Waals surface area contributed by atoms with Gasteiger partial charge in [0.1, 0.15) is 0 Å². The van der Waals surface area contributed by atoms with E-state index in [0.29, 0.717) is 11.3 Å². The Morgan fingerprint density at radius 3 is 2.06 bits per heavy atom. The number of halogens is 1. The molecule has 0 fully saturated rings. The molecule has 1 aromatic rings. The molecule has 0 radical (unpaired) electrons. The van der Waals surface area contributed by atoms with Gasteiger partial charge in [-0.2, -0.15) is 0 Å². The molecule has 0 aromatic heterocycles. The van der Waals surface area contributed by atoms with Gasteiger partial charge in [-0.3, -0.25) is 14.5 Å². The van der Waals surface area contributed by atoms with E-state index in [0.717, 1.165) is 0 Å². The highest BCUT2D eigenvalue weighted by Gasteiger charge is 2.16. The molecule has 18 heavy (non-hydrogen) atoms. The number of ketones is 1. The Kier molecular flexibility index (Phi) is 6.58. The molecule has 0 aliphatic carbocycles.